The fourth-order valence-electron chi connectivity index (χ4n) is 2.43. The molecule has 0 unspecified atom stereocenters. The molecule has 96 valence electrons. The van der Waals surface area contributed by atoms with Gasteiger partial charge in [0.25, 0.3) is 0 Å². The number of hydrogen-bond acceptors (Lipinski definition) is 3. The first-order valence-electron chi connectivity index (χ1n) is 6.00. The highest BCUT2D eigenvalue weighted by molar-refractivity contribution is 8.13. The van der Waals surface area contributed by atoms with Crippen LogP contribution in [-0.4, -0.2) is 34.8 Å². The number of thioether (sulfide) groups is 1. The molecule has 0 N–H and O–H groups in total. The van der Waals surface area contributed by atoms with Crippen LogP contribution in [0.5, 0.6) is 0 Å². The predicted octanol–water partition coefficient (Wildman–Crippen LogP) is 2.18. The minimum Gasteiger partial charge on any atom is -0.338 e. The molecule has 3 nitrogen and oxygen atoms in total. The molecular formula is C13H21NO2S. The van der Waals surface area contributed by atoms with E-state index in [0.29, 0.717) is 12.5 Å². The molecule has 1 aliphatic rings. The van der Waals surface area contributed by atoms with E-state index in [-0.39, 0.29) is 22.9 Å². The van der Waals surface area contributed by atoms with Crippen LogP contribution in [0, 0.1) is 17.8 Å². The van der Waals surface area contributed by atoms with Gasteiger partial charge < -0.3 is 4.90 Å². The van der Waals surface area contributed by atoms with Gasteiger partial charge in [-0.15, -0.1) is 6.58 Å². The summed E-state index contributed by atoms with van der Waals surface area (Å²) in [5.41, 5.74) is 0. The Morgan fingerprint density at radius 3 is 2.76 bits per heavy atom. The molecular weight excluding hydrogens is 234 g/mol. The predicted molar refractivity (Wildman–Crippen MR) is 71.7 cm³/mol. The molecule has 0 bridgehead atoms. The van der Waals surface area contributed by atoms with Gasteiger partial charge in [0.2, 0.25) is 5.91 Å². The number of carbonyl (C=O) groups is 2. The Bertz CT molecular complexity index is 315. The zero-order valence-electron chi connectivity index (χ0n) is 10.8. The van der Waals surface area contributed by atoms with Crippen LogP contribution >= 0.6 is 11.8 Å². The Morgan fingerprint density at radius 2 is 2.29 bits per heavy atom. The molecule has 0 spiro atoms. The second-order valence-electron chi connectivity index (χ2n) is 4.86. The highest BCUT2D eigenvalue weighted by Gasteiger charge is 2.41. The Hall–Kier alpha value is -0.770. The van der Waals surface area contributed by atoms with Gasteiger partial charge >= 0.3 is 0 Å². The van der Waals surface area contributed by atoms with Gasteiger partial charge in [-0.1, -0.05) is 31.7 Å². The highest BCUT2D eigenvalue weighted by atomic mass is 32.2. The topological polar surface area (TPSA) is 37.4 Å². The lowest BCUT2D eigenvalue weighted by atomic mass is 9.87. The number of hydrogen-bond donors (Lipinski definition) is 0. The molecule has 1 amide bonds. The van der Waals surface area contributed by atoms with Crippen molar-refractivity contribution in [3.63, 3.8) is 0 Å². The van der Waals surface area contributed by atoms with Crippen LogP contribution in [0.25, 0.3) is 0 Å². The number of rotatable bonds is 5. The minimum absolute atomic E-state index is 0.0572. The Labute approximate surface area is 108 Å². The van der Waals surface area contributed by atoms with Crippen LogP contribution in [0.2, 0.25) is 0 Å². The zero-order chi connectivity index (χ0) is 13.0. The molecule has 0 aromatic rings. The second-order valence-corrected chi connectivity index (χ2v) is 6.06. The molecule has 1 fully saturated rings. The van der Waals surface area contributed by atoms with Crippen molar-refractivity contribution in [2.24, 2.45) is 17.8 Å². The largest absolute Gasteiger partial charge is 0.338 e. The molecule has 0 aromatic carbocycles. The number of nitrogens with zero attached hydrogens (tertiary/aromatic N) is 1. The van der Waals surface area contributed by atoms with Crippen LogP contribution in [0.3, 0.4) is 0 Å². The quantitative estimate of drug-likeness (QED) is 0.707. The number of amides is 1. The lowest BCUT2D eigenvalue weighted by molar-refractivity contribution is -0.131. The third-order valence-corrected chi connectivity index (χ3v) is 4.13. The van der Waals surface area contributed by atoms with Crippen molar-refractivity contribution in [2.45, 2.75) is 20.8 Å². The van der Waals surface area contributed by atoms with Gasteiger partial charge in [-0.2, -0.15) is 0 Å². The van der Waals surface area contributed by atoms with Crippen LogP contribution in [0.1, 0.15) is 20.8 Å². The normalized spacial score (nSPS) is 24.5. The van der Waals surface area contributed by atoms with Crippen molar-refractivity contribution in [1.82, 2.24) is 4.90 Å². The smallest absolute Gasteiger partial charge is 0.226 e. The van der Waals surface area contributed by atoms with Crippen molar-refractivity contribution < 1.29 is 9.59 Å². The SMILES string of the molecule is C=CCN1C[C@@H](CSC(C)=O)[C@H](C(C)C)C1=O. The molecule has 1 heterocycles. The highest BCUT2D eigenvalue weighted by Crippen LogP contribution is 2.33. The monoisotopic (exact) mass is 255 g/mol. The van der Waals surface area contributed by atoms with E-state index in [0.717, 1.165) is 12.3 Å². The maximum Gasteiger partial charge on any atom is 0.226 e. The first-order chi connectivity index (χ1) is 7.97. The zero-order valence-corrected chi connectivity index (χ0v) is 11.6. The fourth-order valence-corrected chi connectivity index (χ4v) is 3.19. The summed E-state index contributed by atoms with van der Waals surface area (Å²) in [6.45, 7) is 10.8. The van der Waals surface area contributed by atoms with E-state index in [1.54, 1.807) is 13.0 Å². The van der Waals surface area contributed by atoms with Crippen molar-refractivity contribution >= 4 is 22.8 Å². The average molecular weight is 255 g/mol. The van der Waals surface area contributed by atoms with Crippen molar-refractivity contribution in [2.75, 3.05) is 18.8 Å². The van der Waals surface area contributed by atoms with Gasteiger partial charge in [-0.05, 0) is 11.8 Å². The third kappa shape index (κ3) is 3.60. The fraction of sp³-hybridized carbons (Fsp3) is 0.692. The molecule has 1 aliphatic heterocycles. The number of carbonyl (C=O) groups excluding carboxylic acids is 2. The summed E-state index contributed by atoms with van der Waals surface area (Å²) in [5.74, 6) is 1.64. The molecule has 0 saturated carbocycles. The van der Waals surface area contributed by atoms with Crippen molar-refractivity contribution in [3.8, 4) is 0 Å². The van der Waals surface area contributed by atoms with Gasteiger partial charge in [0.05, 0.1) is 0 Å². The first kappa shape index (κ1) is 14.3. The molecule has 4 heteroatoms. The van der Waals surface area contributed by atoms with E-state index in [4.69, 9.17) is 0 Å². The van der Waals surface area contributed by atoms with E-state index in [1.165, 1.54) is 11.8 Å². The van der Waals surface area contributed by atoms with Gasteiger partial charge in [-0.3, -0.25) is 9.59 Å². The maximum absolute atomic E-state index is 12.2. The van der Waals surface area contributed by atoms with Gasteiger partial charge in [0, 0.05) is 31.7 Å². The third-order valence-electron chi connectivity index (χ3n) is 3.13. The van der Waals surface area contributed by atoms with Crippen LogP contribution < -0.4 is 0 Å². The summed E-state index contributed by atoms with van der Waals surface area (Å²) in [7, 11) is 0. The average Bonchev–Trinajstić information content (AvgIpc) is 2.53. The van der Waals surface area contributed by atoms with Crippen LogP contribution in [0.4, 0.5) is 0 Å². The summed E-state index contributed by atoms with van der Waals surface area (Å²) < 4.78 is 0. The summed E-state index contributed by atoms with van der Waals surface area (Å²) in [6, 6.07) is 0. The van der Waals surface area contributed by atoms with Crippen LogP contribution in [0.15, 0.2) is 12.7 Å². The second kappa shape index (κ2) is 6.24. The van der Waals surface area contributed by atoms with Crippen molar-refractivity contribution in [1.29, 1.82) is 0 Å². The minimum atomic E-state index is 0.0572. The van der Waals surface area contributed by atoms with Crippen molar-refractivity contribution in [3.05, 3.63) is 12.7 Å². The summed E-state index contributed by atoms with van der Waals surface area (Å²) in [5, 5.41) is 0.127. The Kier molecular flexibility index (Phi) is 5.25. The summed E-state index contributed by atoms with van der Waals surface area (Å²) in [4.78, 5) is 25.0. The Morgan fingerprint density at radius 1 is 1.65 bits per heavy atom. The molecule has 17 heavy (non-hydrogen) atoms. The molecule has 2 atom stereocenters. The van der Waals surface area contributed by atoms with E-state index >= 15 is 0 Å². The number of likely N-dealkylation sites (tertiary alicyclic amines) is 1. The molecule has 0 aliphatic carbocycles. The van der Waals surface area contributed by atoms with E-state index in [1.807, 2.05) is 4.90 Å². The van der Waals surface area contributed by atoms with Gasteiger partial charge in [0.1, 0.15) is 0 Å². The molecule has 0 aromatic heterocycles. The standard InChI is InChI=1S/C13H21NO2S/c1-5-6-14-7-11(8-17-10(4)15)12(9(2)3)13(14)16/h5,9,11-12H,1,6-8H2,2-4H3/t11-,12-/m0/s1. The van der Waals surface area contributed by atoms with E-state index < -0.39 is 0 Å². The summed E-state index contributed by atoms with van der Waals surface area (Å²) in [6.07, 6.45) is 1.76. The maximum atomic E-state index is 12.2. The first-order valence-corrected chi connectivity index (χ1v) is 6.99. The van der Waals surface area contributed by atoms with Crippen LogP contribution in [-0.2, 0) is 9.59 Å². The lowest BCUT2D eigenvalue weighted by Crippen LogP contribution is -2.29. The molecule has 0 radical (unpaired) electrons. The van der Waals surface area contributed by atoms with E-state index in [2.05, 4.69) is 20.4 Å². The van der Waals surface area contributed by atoms with Gasteiger partial charge in [-0.25, -0.2) is 0 Å². The molecule has 1 rings (SSSR count). The summed E-state index contributed by atoms with van der Waals surface area (Å²) >= 11 is 1.33. The molecule has 1 saturated heterocycles. The van der Waals surface area contributed by atoms with Gasteiger partial charge in [0.15, 0.2) is 5.12 Å². The Balaban J connectivity index is 2.70. The van der Waals surface area contributed by atoms with E-state index in [9.17, 15) is 9.59 Å². The lowest BCUT2D eigenvalue weighted by Gasteiger charge is -2.19.